The minimum Gasteiger partial charge on any atom is -0.334 e. The molecule has 0 unspecified atom stereocenters. The standard InChI is InChI=1S/C11H13BrClNOS/c12-10-5-4-9(16-10)11(15)14(7-6-13)8-2-1-3-8/h4-5,8H,1-3,6-7H2. The maximum atomic E-state index is 12.2. The van der Waals surface area contributed by atoms with Gasteiger partial charge in [0.25, 0.3) is 5.91 Å². The molecule has 0 aromatic carbocycles. The quantitative estimate of drug-likeness (QED) is 0.773. The number of carbonyl (C=O) groups excluding carboxylic acids is 1. The SMILES string of the molecule is O=C(c1ccc(Br)s1)N(CCCl)C1CCC1. The second-order valence-corrected chi connectivity index (χ2v) is 6.72. The van der Waals surface area contributed by atoms with Crippen LogP contribution in [0.4, 0.5) is 0 Å². The van der Waals surface area contributed by atoms with Gasteiger partial charge in [-0.15, -0.1) is 22.9 Å². The first kappa shape index (κ1) is 12.4. The number of amides is 1. The first-order chi connectivity index (χ1) is 7.72. The third-order valence-electron chi connectivity index (χ3n) is 2.89. The topological polar surface area (TPSA) is 20.3 Å². The highest BCUT2D eigenvalue weighted by Crippen LogP contribution is 2.29. The molecule has 1 aliphatic carbocycles. The molecule has 2 rings (SSSR count). The zero-order chi connectivity index (χ0) is 11.5. The minimum absolute atomic E-state index is 0.126. The van der Waals surface area contributed by atoms with E-state index in [9.17, 15) is 4.79 Å². The molecule has 0 saturated heterocycles. The average molecular weight is 323 g/mol. The summed E-state index contributed by atoms with van der Waals surface area (Å²) in [5, 5.41) is 0. The zero-order valence-corrected chi connectivity index (χ0v) is 11.9. The number of hydrogen-bond donors (Lipinski definition) is 0. The van der Waals surface area contributed by atoms with Crippen molar-refractivity contribution in [1.29, 1.82) is 0 Å². The summed E-state index contributed by atoms with van der Waals surface area (Å²) >= 11 is 10.6. The van der Waals surface area contributed by atoms with E-state index < -0.39 is 0 Å². The zero-order valence-electron chi connectivity index (χ0n) is 8.79. The molecule has 0 bridgehead atoms. The molecule has 1 amide bonds. The van der Waals surface area contributed by atoms with Crippen molar-refractivity contribution in [1.82, 2.24) is 4.90 Å². The fraction of sp³-hybridized carbons (Fsp3) is 0.545. The number of thiophene rings is 1. The third kappa shape index (κ3) is 2.60. The highest BCUT2D eigenvalue weighted by Gasteiger charge is 2.29. The maximum Gasteiger partial charge on any atom is 0.264 e. The molecule has 0 aliphatic heterocycles. The summed E-state index contributed by atoms with van der Waals surface area (Å²) < 4.78 is 0.996. The Morgan fingerprint density at radius 1 is 1.56 bits per heavy atom. The lowest BCUT2D eigenvalue weighted by molar-refractivity contribution is 0.0603. The van der Waals surface area contributed by atoms with Crippen molar-refractivity contribution in [3.05, 3.63) is 20.8 Å². The molecule has 0 radical (unpaired) electrons. The van der Waals surface area contributed by atoms with Crippen LogP contribution in [0.2, 0.25) is 0 Å². The molecule has 88 valence electrons. The van der Waals surface area contributed by atoms with Gasteiger partial charge in [0, 0.05) is 18.5 Å². The van der Waals surface area contributed by atoms with Gasteiger partial charge in [-0.25, -0.2) is 0 Å². The van der Waals surface area contributed by atoms with Crippen LogP contribution in [0.5, 0.6) is 0 Å². The molecule has 0 atom stereocenters. The Morgan fingerprint density at radius 3 is 2.75 bits per heavy atom. The van der Waals surface area contributed by atoms with Crippen molar-refractivity contribution in [2.75, 3.05) is 12.4 Å². The highest BCUT2D eigenvalue weighted by atomic mass is 79.9. The number of halogens is 2. The van der Waals surface area contributed by atoms with Gasteiger partial charge in [0.2, 0.25) is 0 Å². The van der Waals surface area contributed by atoms with Crippen LogP contribution in [-0.2, 0) is 0 Å². The van der Waals surface area contributed by atoms with E-state index in [0.29, 0.717) is 18.5 Å². The lowest BCUT2D eigenvalue weighted by atomic mass is 9.91. The molecule has 16 heavy (non-hydrogen) atoms. The van der Waals surface area contributed by atoms with Gasteiger partial charge in [0.1, 0.15) is 0 Å². The summed E-state index contributed by atoms with van der Waals surface area (Å²) in [6.45, 7) is 0.653. The Kier molecular flexibility index (Phi) is 4.27. The monoisotopic (exact) mass is 321 g/mol. The van der Waals surface area contributed by atoms with E-state index in [-0.39, 0.29) is 5.91 Å². The van der Waals surface area contributed by atoms with E-state index in [0.717, 1.165) is 21.5 Å². The largest absolute Gasteiger partial charge is 0.334 e. The fourth-order valence-electron chi connectivity index (χ4n) is 1.81. The van der Waals surface area contributed by atoms with Crippen LogP contribution in [-0.4, -0.2) is 29.3 Å². The maximum absolute atomic E-state index is 12.2. The lowest BCUT2D eigenvalue weighted by Crippen LogP contribution is -2.45. The van der Waals surface area contributed by atoms with Crippen LogP contribution >= 0.6 is 38.9 Å². The Bertz CT molecular complexity index is 378. The van der Waals surface area contributed by atoms with Crippen LogP contribution in [0.15, 0.2) is 15.9 Å². The predicted octanol–water partition coefficient (Wildman–Crippen LogP) is 3.74. The van der Waals surface area contributed by atoms with Gasteiger partial charge in [-0.05, 0) is 47.3 Å². The smallest absolute Gasteiger partial charge is 0.264 e. The first-order valence-corrected chi connectivity index (χ1v) is 7.49. The number of nitrogens with zero attached hydrogens (tertiary/aromatic N) is 1. The van der Waals surface area contributed by atoms with Crippen molar-refractivity contribution >= 4 is 44.8 Å². The third-order valence-corrected chi connectivity index (χ3v) is 4.67. The van der Waals surface area contributed by atoms with E-state index in [1.807, 2.05) is 17.0 Å². The van der Waals surface area contributed by atoms with Crippen LogP contribution in [0, 0.1) is 0 Å². The van der Waals surface area contributed by atoms with Crippen molar-refractivity contribution in [3.8, 4) is 0 Å². The van der Waals surface area contributed by atoms with Crippen molar-refractivity contribution in [2.24, 2.45) is 0 Å². The lowest BCUT2D eigenvalue weighted by Gasteiger charge is -2.37. The molecule has 2 nitrogen and oxygen atoms in total. The molecule has 5 heteroatoms. The number of alkyl halides is 1. The summed E-state index contributed by atoms with van der Waals surface area (Å²) in [6, 6.07) is 4.20. The molecule has 0 N–H and O–H groups in total. The summed E-state index contributed by atoms with van der Waals surface area (Å²) in [6.07, 6.45) is 3.47. The molecular weight excluding hydrogens is 310 g/mol. The summed E-state index contributed by atoms with van der Waals surface area (Å²) in [4.78, 5) is 15.0. The summed E-state index contributed by atoms with van der Waals surface area (Å²) in [7, 11) is 0. The molecule has 1 aliphatic rings. The second-order valence-electron chi connectivity index (χ2n) is 3.88. The van der Waals surface area contributed by atoms with E-state index in [2.05, 4.69) is 15.9 Å². The summed E-state index contributed by atoms with van der Waals surface area (Å²) in [5.41, 5.74) is 0. The Hall–Kier alpha value is -0.0600. The van der Waals surface area contributed by atoms with Gasteiger partial charge >= 0.3 is 0 Å². The van der Waals surface area contributed by atoms with E-state index in [4.69, 9.17) is 11.6 Å². The van der Waals surface area contributed by atoms with Gasteiger partial charge < -0.3 is 4.90 Å². The van der Waals surface area contributed by atoms with Crippen molar-refractivity contribution in [2.45, 2.75) is 25.3 Å². The number of hydrogen-bond acceptors (Lipinski definition) is 2. The van der Waals surface area contributed by atoms with Gasteiger partial charge in [-0.2, -0.15) is 0 Å². The minimum atomic E-state index is 0.126. The van der Waals surface area contributed by atoms with Crippen LogP contribution in [0.3, 0.4) is 0 Å². The highest BCUT2D eigenvalue weighted by molar-refractivity contribution is 9.11. The predicted molar refractivity (Wildman–Crippen MR) is 71.4 cm³/mol. The van der Waals surface area contributed by atoms with Crippen LogP contribution in [0.25, 0.3) is 0 Å². The first-order valence-electron chi connectivity index (χ1n) is 5.34. The van der Waals surface area contributed by atoms with Crippen molar-refractivity contribution < 1.29 is 4.79 Å². The Labute approximate surface area is 113 Å². The summed E-state index contributed by atoms with van der Waals surface area (Å²) in [5.74, 6) is 0.635. The van der Waals surface area contributed by atoms with E-state index in [1.54, 1.807) is 0 Å². The van der Waals surface area contributed by atoms with Crippen LogP contribution in [0.1, 0.15) is 28.9 Å². The van der Waals surface area contributed by atoms with Gasteiger partial charge in [0.05, 0.1) is 8.66 Å². The number of rotatable bonds is 4. The number of carbonyl (C=O) groups is 1. The molecule has 1 saturated carbocycles. The Morgan fingerprint density at radius 2 is 2.31 bits per heavy atom. The molecule has 1 fully saturated rings. The molecule has 0 spiro atoms. The molecular formula is C11H13BrClNOS. The van der Waals surface area contributed by atoms with Gasteiger partial charge in [-0.3, -0.25) is 4.79 Å². The normalized spacial score (nSPS) is 15.9. The van der Waals surface area contributed by atoms with E-state index in [1.165, 1.54) is 17.8 Å². The van der Waals surface area contributed by atoms with E-state index >= 15 is 0 Å². The molecule has 1 aromatic heterocycles. The van der Waals surface area contributed by atoms with Crippen LogP contribution < -0.4 is 0 Å². The molecule has 1 heterocycles. The van der Waals surface area contributed by atoms with Crippen molar-refractivity contribution in [3.63, 3.8) is 0 Å². The van der Waals surface area contributed by atoms with Gasteiger partial charge in [-0.1, -0.05) is 0 Å². The average Bonchev–Trinajstić information content (AvgIpc) is 2.60. The fourth-order valence-corrected chi connectivity index (χ4v) is 3.33. The second kappa shape index (κ2) is 5.52. The van der Waals surface area contributed by atoms with Gasteiger partial charge in [0.15, 0.2) is 0 Å². The molecule has 1 aromatic rings. The Balaban J connectivity index is 2.09.